The molecule has 0 spiro atoms. The molecule has 3 aromatic rings. The van der Waals surface area contributed by atoms with E-state index >= 15 is 0 Å². The fraction of sp³-hybridized carbons (Fsp3) is 0.250. The van der Waals surface area contributed by atoms with E-state index in [-0.39, 0.29) is 5.91 Å². The molecule has 0 aliphatic rings. The van der Waals surface area contributed by atoms with E-state index in [1.165, 1.54) is 0 Å². The first-order valence-corrected chi connectivity index (χ1v) is 8.63. The Balaban J connectivity index is 1.81. The molecular weight excluding hydrogens is 328 g/mol. The van der Waals surface area contributed by atoms with Crippen molar-refractivity contribution in [2.75, 3.05) is 11.9 Å². The second kappa shape index (κ2) is 7.82. The largest absolute Gasteiger partial charge is 0.494 e. The molecule has 0 atom stereocenters. The van der Waals surface area contributed by atoms with Crippen LogP contribution in [0.3, 0.4) is 0 Å². The molecule has 26 heavy (non-hydrogen) atoms. The molecule has 0 saturated carbocycles. The van der Waals surface area contributed by atoms with Gasteiger partial charge in [-0.2, -0.15) is 0 Å². The van der Waals surface area contributed by atoms with Crippen LogP contribution < -0.4 is 10.1 Å². The minimum atomic E-state index is -0.189. The fourth-order valence-electron chi connectivity index (χ4n) is 2.65. The molecule has 0 fully saturated rings. The minimum absolute atomic E-state index is 0.189. The van der Waals surface area contributed by atoms with Gasteiger partial charge in [-0.3, -0.25) is 4.79 Å². The first kappa shape index (κ1) is 17.7. The van der Waals surface area contributed by atoms with E-state index in [2.05, 4.69) is 29.5 Å². The molecule has 6 nitrogen and oxygen atoms in total. The molecule has 0 unspecified atom stereocenters. The molecular formula is C20H22N4O2. The highest BCUT2D eigenvalue weighted by Gasteiger charge is 2.12. The monoisotopic (exact) mass is 350 g/mol. The zero-order valence-corrected chi connectivity index (χ0v) is 15.1. The van der Waals surface area contributed by atoms with Crippen LogP contribution in [0.5, 0.6) is 5.75 Å². The highest BCUT2D eigenvalue weighted by molar-refractivity contribution is 6.04. The predicted octanol–water partition coefficient (Wildman–Crippen LogP) is 4.04. The van der Waals surface area contributed by atoms with E-state index in [9.17, 15) is 4.79 Å². The van der Waals surface area contributed by atoms with E-state index in [0.717, 1.165) is 11.4 Å². The van der Waals surface area contributed by atoms with Gasteiger partial charge in [0.2, 0.25) is 0 Å². The van der Waals surface area contributed by atoms with Gasteiger partial charge in [0.15, 0.2) is 0 Å². The molecule has 1 aromatic heterocycles. The van der Waals surface area contributed by atoms with Gasteiger partial charge in [0, 0.05) is 11.3 Å². The smallest absolute Gasteiger partial charge is 0.255 e. The van der Waals surface area contributed by atoms with Crippen molar-refractivity contribution in [2.24, 2.45) is 0 Å². The maximum Gasteiger partial charge on any atom is 0.255 e. The molecule has 3 rings (SSSR count). The normalized spacial score (nSPS) is 10.8. The first-order chi connectivity index (χ1) is 12.6. The number of ether oxygens (including phenoxy) is 1. The summed E-state index contributed by atoms with van der Waals surface area (Å²) in [5.41, 5.74) is 3.11. The van der Waals surface area contributed by atoms with Crippen molar-refractivity contribution in [3.05, 3.63) is 66.0 Å². The van der Waals surface area contributed by atoms with E-state index in [4.69, 9.17) is 4.74 Å². The van der Waals surface area contributed by atoms with Gasteiger partial charge in [0.05, 0.1) is 24.2 Å². The first-order valence-electron chi connectivity index (χ1n) is 8.63. The van der Waals surface area contributed by atoms with Gasteiger partial charge in [0.25, 0.3) is 5.91 Å². The van der Waals surface area contributed by atoms with Crippen LogP contribution in [0, 0.1) is 0 Å². The number of nitrogens with zero attached hydrogens (tertiary/aromatic N) is 3. The van der Waals surface area contributed by atoms with Gasteiger partial charge in [0.1, 0.15) is 5.75 Å². The van der Waals surface area contributed by atoms with Crippen molar-refractivity contribution in [3.63, 3.8) is 0 Å². The number of hydrogen-bond donors (Lipinski definition) is 1. The van der Waals surface area contributed by atoms with Crippen molar-refractivity contribution in [1.29, 1.82) is 0 Å². The summed E-state index contributed by atoms with van der Waals surface area (Å²) in [5, 5.41) is 11.1. The maximum atomic E-state index is 12.5. The SMILES string of the molecule is CCOc1cccc(C(=O)Nc2cccc(-n3nncc3C(C)C)c2)c1. The third-order valence-corrected chi connectivity index (χ3v) is 3.92. The van der Waals surface area contributed by atoms with E-state index in [1.54, 1.807) is 29.1 Å². The second-order valence-corrected chi connectivity index (χ2v) is 6.19. The average Bonchev–Trinajstić information content (AvgIpc) is 3.13. The third-order valence-electron chi connectivity index (χ3n) is 3.92. The number of aromatic nitrogens is 3. The maximum absolute atomic E-state index is 12.5. The molecule has 0 aliphatic heterocycles. The number of hydrogen-bond acceptors (Lipinski definition) is 4. The van der Waals surface area contributed by atoms with Crippen molar-refractivity contribution in [1.82, 2.24) is 15.0 Å². The van der Waals surface area contributed by atoms with Crippen molar-refractivity contribution in [2.45, 2.75) is 26.7 Å². The van der Waals surface area contributed by atoms with Gasteiger partial charge in [-0.25, -0.2) is 4.68 Å². The molecule has 0 bridgehead atoms. The number of carbonyl (C=O) groups excluding carboxylic acids is 1. The summed E-state index contributed by atoms with van der Waals surface area (Å²) < 4.78 is 7.24. The number of carbonyl (C=O) groups is 1. The van der Waals surface area contributed by atoms with Gasteiger partial charge < -0.3 is 10.1 Å². The highest BCUT2D eigenvalue weighted by atomic mass is 16.5. The van der Waals surface area contributed by atoms with Crippen LogP contribution in [-0.4, -0.2) is 27.5 Å². The Labute approximate surface area is 152 Å². The van der Waals surface area contributed by atoms with Crippen molar-refractivity contribution in [3.8, 4) is 11.4 Å². The number of anilines is 1. The lowest BCUT2D eigenvalue weighted by Gasteiger charge is -2.11. The van der Waals surface area contributed by atoms with Crippen LogP contribution in [0.2, 0.25) is 0 Å². The Bertz CT molecular complexity index is 902. The quantitative estimate of drug-likeness (QED) is 0.728. The zero-order chi connectivity index (χ0) is 18.5. The van der Waals surface area contributed by atoms with Crippen LogP contribution >= 0.6 is 0 Å². The summed E-state index contributed by atoms with van der Waals surface area (Å²) >= 11 is 0. The van der Waals surface area contributed by atoms with E-state index in [0.29, 0.717) is 29.5 Å². The van der Waals surface area contributed by atoms with Crippen LogP contribution in [0.15, 0.2) is 54.7 Å². The molecule has 1 N–H and O–H groups in total. The molecule has 1 amide bonds. The lowest BCUT2D eigenvalue weighted by atomic mass is 10.1. The van der Waals surface area contributed by atoms with Gasteiger partial charge >= 0.3 is 0 Å². The van der Waals surface area contributed by atoms with Crippen molar-refractivity contribution < 1.29 is 9.53 Å². The lowest BCUT2D eigenvalue weighted by molar-refractivity contribution is 0.102. The number of amides is 1. The summed E-state index contributed by atoms with van der Waals surface area (Å²) in [4.78, 5) is 12.5. The Morgan fingerprint density at radius 2 is 2.00 bits per heavy atom. The number of rotatable bonds is 6. The zero-order valence-electron chi connectivity index (χ0n) is 15.1. The molecule has 0 radical (unpaired) electrons. The Morgan fingerprint density at radius 1 is 1.19 bits per heavy atom. The molecule has 134 valence electrons. The van der Waals surface area contributed by atoms with Crippen LogP contribution in [0.25, 0.3) is 5.69 Å². The van der Waals surface area contributed by atoms with E-state index in [1.807, 2.05) is 37.3 Å². The van der Waals surface area contributed by atoms with Crippen LogP contribution in [0.1, 0.15) is 42.7 Å². The lowest BCUT2D eigenvalue weighted by Crippen LogP contribution is -2.12. The van der Waals surface area contributed by atoms with Gasteiger partial charge in [-0.15, -0.1) is 5.10 Å². The highest BCUT2D eigenvalue weighted by Crippen LogP contribution is 2.21. The second-order valence-electron chi connectivity index (χ2n) is 6.19. The van der Waals surface area contributed by atoms with Crippen LogP contribution in [-0.2, 0) is 0 Å². The summed E-state index contributed by atoms with van der Waals surface area (Å²) in [6, 6.07) is 14.7. The standard InChI is InChI=1S/C20H22N4O2/c1-4-26-18-10-5-7-15(11-18)20(25)22-16-8-6-9-17(12-16)24-19(14(2)3)13-21-23-24/h5-14H,4H2,1-3H3,(H,22,25). The molecule has 2 aromatic carbocycles. The fourth-order valence-corrected chi connectivity index (χ4v) is 2.65. The summed E-state index contributed by atoms with van der Waals surface area (Å²) in [6.07, 6.45) is 1.76. The average molecular weight is 350 g/mol. The number of nitrogens with one attached hydrogen (secondary N) is 1. The number of benzene rings is 2. The summed E-state index contributed by atoms with van der Waals surface area (Å²) in [5.74, 6) is 0.786. The van der Waals surface area contributed by atoms with E-state index < -0.39 is 0 Å². The Morgan fingerprint density at radius 3 is 2.77 bits per heavy atom. The minimum Gasteiger partial charge on any atom is -0.494 e. The topological polar surface area (TPSA) is 69.0 Å². The Hall–Kier alpha value is -3.15. The predicted molar refractivity (Wildman–Crippen MR) is 101 cm³/mol. The molecule has 0 aliphatic carbocycles. The summed E-state index contributed by atoms with van der Waals surface area (Å²) in [7, 11) is 0. The van der Waals surface area contributed by atoms with Gasteiger partial charge in [-0.1, -0.05) is 31.2 Å². The Kier molecular flexibility index (Phi) is 5.31. The summed E-state index contributed by atoms with van der Waals surface area (Å²) in [6.45, 7) is 6.65. The molecule has 1 heterocycles. The van der Waals surface area contributed by atoms with Gasteiger partial charge in [-0.05, 0) is 49.2 Å². The van der Waals surface area contributed by atoms with Crippen LogP contribution in [0.4, 0.5) is 5.69 Å². The molecule has 6 heteroatoms. The molecule has 0 saturated heterocycles. The van der Waals surface area contributed by atoms with Crippen molar-refractivity contribution >= 4 is 11.6 Å². The third kappa shape index (κ3) is 3.91.